The number of nitrogens with zero attached hydrogens (tertiary/aromatic N) is 3. The Labute approximate surface area is 110 Å². The third-order valence-corrected chi connectivity index (χ3v) is 2.60. The average molecular weight is 271 g/mol. The summed E-state index contributed by atoms with van der Waals surface area (Å²) in [5.41, 5.74) is 1.46. The lowest BCUT2D eigenvalue weighted by molar-refractivity contribution is -0.119. The quantitative estimate of drug-likeness (QED) is 0.843. The molecule has 0 aromatic carbocycles. The van der Waals surface area contributed by atoms with E-state index in [0.717, 1.165) is 4.90 Å². The highest BCUT2D eigenvalue weighted by Crippen LogP contribution is 2.26. The van der Waals surface area contributed by atoms with Gasteiger partial charge >= 0.3 is 6.18 Å². The highest BCUT2D eigenvalue weighted by atomic mass is 19.4. The minimum atomic E-state index is -4.32. The number of pyridine rings is 1. The van der Waals surface area contributed by atoms with Crippen molar-refractivity contribution in [2.45, 2.75) is 33.4 Å². The fourth-order valence-electron chi connectivity index (χ4n) is 1.93. The van der Waals surface area contributed by atoms with Gasteiger partial charge in [0.05, 0.1) is 5.56 Å². The van der Waals surface area contributed by atoms with Crippen LogP contribution in [0.2, 0.25) is 0 Å². The van der Waals surface area contributed by atoms with E-state index in [1.807, 2.05) is 6.07 Å². The molecule has 1 aromatic heterocycles. The molecule has 6 heteroatoms. The summed E-state index contributed by atoms with van der Waals surface area (Å²) in [5.74, 6) is 0.124. The zero-order chi connectivity index (χ0) is 14.6. The van der Waals surface area contributed by atoms with Crippen LogP contribution in [0.4, 0.5) is 19.0 Å². The lowest BCUT2D eigenvalue weighted by Crippen LogP contribution is -2.36. The van der Waals surface area contributed by atoms with Crippen LogP contribution in [0.25, 0.3) is 0 Å². The highest BCUT2D eigenvalue weighted by molar-refractivity contribution is 5.58. The van der Waals surface area contributed by atoms with E-state index < -0.39 is 12.7 Å². The zero-order valence-electron chi connectivity index (χ0n) is 11.2. The minimum Gasteiger partial charge on any atom is -0.346 e. The van der Waals surface area contributed by atoms with Crippen LogP contribution in [0, 0.1) is 25.2 Å². The van der Waals surface area contributed by atoms with Gasteiger partial charge in [-0.3, -0.25) is 0 Å². The lowest BCUT2D eigenvalue weighted by atomic mass is 10.1. The molecule has 0 aliphatic rings. The maximum atomic E-state index is 12.6. The van der Waals surface area contributed by atoms with Crippen molar-refractivity contribution in [2.24, 2.45) is 0 Å². The van der Waals surface area contributed by atoms with Crippen LogP contribution in [0.15, 0.2) is 6.07 Å². The largest absolute Gasteiger partial charge is 0.405 e. The molecule has 0 radical (unpaired) electrons. The molecule has 0 amide bonds. The summed E-state index contributed by atoms with van der Waals surface area (Å²) in [7, 11) is 0. The summed E-state index contributed by atoms with van der Waals surface area (Å²) < 4.78 is 37.8. The molecule has 0 fully saturated rings. The smallest absolute Gasteiger partial charge is 0.346 e. The van der Waals surface area contributed by atoms with Crippen molar-refractivity contribution >= 4 is 5.82 Å². The number of nitriles is 1. The second-order valence-corrected chi connectivity index (χ2v) is 4.43. The molecule has 0 aliphatic carbocycles. The van der Waals surface area contributed by atoms with E-state index in [1.54, 1.807) is 26.8 Å². The van der Waals surface area contributed by atoms with Gasteiger partial charge in [-0.25, -0.2) is 4.98 Å². The van der Waals surface area contributed by atoms with Crippen LogP contribution >= 0.6 is 0 Å². The summed E-state index contributed by atoms with van der Waals surface area (Å²) in [4.78, 5) is 5.23. The number of hydrogen-bond acceptors (Lipinski definition) is 3. The summed E-state index contributed by atoms with van der Waals surface area (Å²) in [6.45, 7) is 4.32. The van der Waals surface area contributed by atoms with E-state index in [1.165, 1.54) is 0 Å². The molecule has 19 heavy (non-hydrogen) atoms. The maximum Gasteiger partial charge on any atom is 0.405 e. The minimum absolute atomic E-state index is 0.124. The first-order valence-electron chi connectivity index (χ1n) is 5.98. The van der Waals surface area contributed by atoms with Gasteiger partial charge in [0.2, 0.25) is 0 Å². The third-order valence-electron chi connectivity index (χ3n) is 2.60. The molecule has 3 nitrogen and oxygen atoms in total. The third kappa shape index (κ3) is 4.12. The summed E-state index contributed by atoms with van der Waals surface area (Å²) in [5, 5.41) is 9.11. The first-order valence-corrected chi connectivity index (χ1v) is 5.98. The molecule has 1 heterocycles. The van der Waals surface area contributed by atoms with Crippen molar-refractivity contribution in [3.63, 3.8) is 0 Å². The number of rotatable bonds is 4. The molecule has 0 N–H and O–H groups in total. The molecule has 0 bridgehead atoms. The van der Waals surface area contributed by atoms with Crippen LogP contribution in [-0.4, -0.2) is 24.2 Å². The molecular weight excluding hydrogens is 255 g/mol. The first kappa shape index (κ1) is 15.3. The number of halogens is 3. The van der Waals surface area contributed by atoms with Gasteiger partial charge < -0.3 is 4.90 Å². The lowest BCUT2D eigenvalue weighted by Gasteiger charge is -2.26. The molecular formula is C13H16F3N3. The predicted molar refractivity (Wildman–Crippen MR) is 67.0 cm³/mol. The van der Waals surface area contributed by atoms with Crippen LogP contribution in [0.3, 0.4) is 0 Å². The second-order valence-electron chi connectivity index (χ2n) is 4.43. The summed E-state index contributed by atoms with van der Waals surface area (Å²) in [6, 6.07) is 3.64. The van der Waals surface area contributed by atoms with Crippen molar-refractivity contribution in [2.75, 3.05) is 18.0 Å². The SMILES string of the molecule is CCCN(CC(F)(F)F)c1nc(C)cc(C)c1C#N. The highest BCUT2D eigenvalue weighted by Gasteiger charge is 2.32. The Balaban J connectivity index is 3.26. The Kier molecular flexibility index (Phi) is 4.76. The molecule has 0 saturated heterocycles. The Morgan fingerprint density at radius 2 is 2.00 bits per heavy atom. The number of anilines is 1. The van der Waals surface area contributed by atoms with E-state index in [-0.39, 0.29) is 17.9 Å². The van der Waals surface area contributed by atoms with Gasteiger partial charge in [0.15, 0.2) is 0 Å². The molecule has 0 spiro atoms. The predicted octanol–water partition coefficient (Wildman–Crippen LogP) is 3.35. The van der Waals surface area contributed by atoms with Crippen molar-refractivity contribution in [1.29, 1.82) is 5.26 Å². The van der Waals surface area contributed by atoms with Gasteiger partial charge in [0.25, 0.3) is 0 Å². The molecule has 1 rings (SSSR count). The molecule has 0 atom stereocenters. The molecule has 0 aliphatic heterocycles. The van der Waals surface area contributed by atoms with Gasteiger partial charge in [-0.1, -0.05) is 6.92 Å². The van der Waals surface area contributed by atoms with E-state index in [4.69, 9.17) is 5.26 Å². The summed E-state index contributed by atoms with van der Waals surface area (Å²) >= 11 is 0. The van der Waals surface area contributed by atoms with Gasteiger partial charge in [-0.15, -0.1) is 0 Å². The van der Waals surface area contributed by atoms with Crippen LogP contribution in [0.5, 0.6) is 0 Å². The van der Waals surface area contributed by atoms with Gasteiger partial charge in [0.1, 0.15) is 18.4 Å². The summed E-state index contributed by atoms with van der Waals surface area (Å²) in [6.07, 6.45) is -3.77. The normalized spacial score (nSPS) is 11.2. The van der Waals surface area contributed by atoms with Crippen LogP contribution in [-0.2, 0) is 0 Å². The number of aromatic nitrogens is 1. The van der Waals surface area contributed by atoms with Crippen molar-refractivity contribution < 1.29 is 13.2 Å². The first-order chi connectivity index (χ1) is 8.78. The van der Waals surface area contributed by atoms with E-state index in [0.29, 0.717) is 17.7 Å². The van der Waals surface area contributed by atoms with Gasteiger partial charge in [0, 0.05) is 12.2 Å². The standard InChI is InChI=1S/C13H16F3N3/c1-4-5-19(8-13(14,15)16)12-11(7-17)9(2)6-10(3)18-12/h6H,4-5,8H2,1-3H3. The number of alkyl halides is 3. The maximum absolute atomic E-state index is 12.6. The fraction of sp³-hybridized carbons (Fsp3) is 0.538. The van der Waals surface area contributed by atoms with Crippen molar-refractivity contribution in [3.8, 4) is 6.07 Å². The second kappa shape index (κ2) is 5.91. The molecule has 0 unspecified atom stereocenters. The molecule has 1 aromatic rings. The molecule has 104 valence electrons. The van der Waals surface area contributed by atoms with Gasteiger partial charge in [-0.2, -0.15) is 18.4 Å². The van der Waals surface area contributed by atoms with E-state index in [2.05, 4.69) is 4.98 Å². The Morgan fingerprint density at radius 1 is 1.37 bits per heavy atom. The van der Waals surface area contributed by atoms with Crippen LogP contribution < -0.4 is 4.90 Å². The van der Waals surface area contributed by atoms with Crippen molar-refractivity contribution in [1.82, 2.24) is 4.98 Å². The van der Waals surface area contributed by atoms with Crippen LogP contribution in [0.1, 0.15) is 30.2 Å². The average Bonchev–Trinajstić information content (AvgIpc) is 2.25. The zero-order valence-corrected chi connectivity index (χ0v) is 11.2. The Morgan fingerprint density at radius 3 is 2.47 bits per heavy atom. The Hall–Kier alpha value is -1.77. The fourth-order valence-corrected chi connectivity index (χ4v) is 1.93. The number of hydrogen-bond donors (Lipinski definition) is 0. The van der Waals surface area contributed by atoms with E-state index in [9.17, 15) is 13.2 Å². The van der Waals surface area contributed by atoms with Crippen molar-refractivity contribution in [3.05, 3.63) is 22.9 Å². The van der Waals surface area contributed by atoms with Gasteiger partial charge in [-0.05, 0) is 31.9 Å². The number of aryl methyl sites for hydroxylation is 2. The monoisotopic (exact) mass is 271 g/mol. The Bertz CT molecular complexity index is 489. The topological polar surface area (TPSA) is 39.9 Å². The molecule has 0 saturated carbocycles. The van der Waals surface area contributed by atoms with E-state index >= 15 is 0 Å².